The molecule has 0 saturated carbocycles. The molecule has 3 rings (SSSR count). The minimum Gasteiger partial charge on any atom is -0.325 e. The Morgan fingerprint density at radius 2 is 1.94 bits per heavy atom. The van der Waals surface area contributed by atoms with Crippen LogP contribution in [-0.2, 0) is 9.59 Å². The van der Waals surface area contributed by atoms with E-state index in [1.807, 2.05) is 6.92 Å². The summed E-state index contributed by atoms with van der Waals surface area (Å²) < 4.78 is 0. The molecule has 0 saturated heterocycles. The third-order valence-corrected chi connectivity index (χ3v) is 5.37. The Labute approximate surface area is 188 Å². The van der Waals surface area contributed by atoms with Gasteiger partial charge in [0.15, 0.2) is 10.9 Å². The Bertz CT molecular complexity index is 1170. The van der Waals surface area contributed by atoms with Gasteiger partial charge in [0.1, 0.15) is 0 Å². The molecule has 31 heavy (non-hydrogen) atoms. The standard InChI is InChI=1S/C21H20ClN5O3S/c1-3-27(13(2)28)17-10-5-4-9-16(17)19-20(30)24-21(26-25-19)31-12-18(29)23-15-8-6-7-14(22)11-15/h4-11H,3,12H2,1-2H3,(H,23,29)(H,24,26,30). The van der Waals surface area contributed by atoms with Crippen molar-refractivity contribution in [2.24, 2.45) is 0 Å². The Morgan fingerprint density at radius 3 is 2.61 bits per heavy atom. The molecule has 2 aromatic carbocycles. The van der Waals surface area contributed by atoms with E-state index < -0.39 is 5.56 Å². The number of aromatic amines is 1. The molecule has 160 valence electrons. The zero-order chi connectivity index (χ0) is 22.4. The van der Waals surface area contributed by atoms with Crippen molar-refractivity contribution in [3.63, 3.8) is 0 Å². The first-order valence-corrected chi connectivity index (χ1v) is 10.8. The predicted octanol–water partition coefficient (Wildman–Crippen LogP) is 3.59. The molecule has 0 unspecified atom stereocenters. The highest BCUT2D eigenvalue weighted by Crippen LogP contribution is 2.27. The van der Waals surface area contributed by atoms with E-state index >= 15 is 0 Å². The van der Waals surface area contributed by atoms with E-state index in [-0.39, 0.29) is 28.4 Å². The van der Waals surface area contributed by atoms with E-state index in [1.165, 1.54) is 6.92 Å². The minimum atomic E-state index is -0.459. The molecular weight excluding hydrogens is 438 g/mol. The number of halogens is 1. The number of H-pyrrole nitrogens is 1. The van der Waals surface area contributed by atoms with Crippen LogP contribution in [0, 0.1) is 0 Å². The van der Waals surface area contributed by atoms with Crippen molar-refractivity contribution < 1.29 is 9.59 Å². The molecule has 8 nitrogen and oxygen atoms in total. The van der Waals surface area contributed by atoms with Crippen LogP contribution in [-0.4, -0.2) is 39.3 Å². The van der Waals surface area contributed by atoms with E-state index in [0.29, 0.717) is 28.5 Å². The van der Waals surface area contributed by atoms with E-state index in [9.17, 15) is 14.4 Å². The number of aromatic nitrogens is 3. The minimum absolute atomic E-state index is 0.0288. The monoisotopic (exact) mass is 457 g/mol. The summed E-state index contributed by atoms with van der Waals surface area (Å²) in [5.41, 5.74) is 1.31. The molecule has 2 amide bonds. The summed E-state index contributed by atoms with van der Waals surface area (Å²) in [6, 6.07) is 13.8. The van der Waals surface area contributed by atoms with Gasteiger partial charge in [-0.2, -0.15) is 0 Å². The fourth-order valence-corrected chi connectivity index (χ4v) is 3.73. The van der Waals surface area contributed by atoms with Gasteiger partial charge in [-0.05, 0) is 31.2 Å². The molecule has 0 fully saturated rings. The maximum absolute atomic E-state index is 12.7. The summed E-state index contributed by atoms with van der Waals surface area (Å²) in [5, 5.41) is 11.5. The van der Waals surface area contributed by atoms with Gasteiger partial charge in [0.25, 0.3) is 5.56 Å². The number of amides is 2. The lowest BCUT2D eigenvalue weighted by molar-refractivity contribution is -0.116. The zero-order valence-electron chi connectivity index (χ0n) is 16.9. The largest absolute Gasteiger partial charge is 0.325 e. The van der Waals surface area contributed by atoms with Gasteiger partial charge in [-0.25, -0.2) is 0 Å². The quantitative estimate of drug-likeness (QED) is 0.525. The van der Waals surface area contributed by atoms with E-state index in [2.05, 4.69) is 20.5 Å². The molecule has 0 aliphatic rings. The van der Waals surface area contributed by atoms with Gasteiger partial charge >= 0.3 is 0 Å². The van der Waals surface area contributed by atoms with Crippen molar-refractivity contribution in [2.45, 2.75) is 19.0 Å². The first-order chi connectivity index (χ1) is 14.9. The molecule has 0 radical (unpaired) electrons. The van der Waals surface area contributed by atoms with Crippen LogP contribution >= 0.6 is 23.4 Å². The van der Waals surface area contributed by atoms with Crippen molar-refractivity contribution in [1.82, 2.24) is 15.2 Å². The van der Waals surface area contributed by atoms with E-state index in [1.54, 1.807) is 53.4 Å². The SMILES string of the molecule is CCN(C(C)=O)c1ccccc1-c1nnc(SCC(=O)Nc2cccc(Cl)c2)[nH]c1=O. The predicted molar refractivity (Wildman–Crippen MR) is 123 cm³/mol. The summed E-state index contributed by atoms with van der Waals surface area (Å²) in [5.74, 6) is -0.386. The van der Waals surface area contributed by atoms with Crippen LogP contribution < -0.4 is 15.8 Å². The topological polar surface area (TPSA) is 108 Å². The Hall–Kier alpha value is -3.17. The van der Waals surface area contributed by atoms with Gasteiger partial charge in [-0.1, -0.05) is 47.6 Å². The molecule has 1 heterocycles. The van der Waals surface area contributed by atoms with Crippen LogP contribution in [0.25, 0.3) is 11.3 Å². The Morgan fingerprint density at radius 1 is 1.16 bits per heavy atom. The first-order valence-electron chi connectivity index (χ1n) is 9.41. The number of hydrogen-bond donors (Lipinski definition) is 2. The Balaban J connectivity index is 1.75. The third-order valence-electron chi connectivity index (χ3n) is 4.27. The van der Waals surface area contributed by atoms with Crippen LogP contribution in [0.1, 0.15) is 13.8 Å². The van der Waals surface area contributed by atoms with Crippen LogP contribution in [0.4, 0.5) is 11.4 Å². The fraction of sp³-hybridized carbons (Fsp3) is 0.190. The second-order valence-electron chi connectivity index (χ2n) is 6.44. The molecule has 0 spiro atoms. The summed E-state index contributed by atoms with van der Waals surface area (Å²) in [6.07, 6.45) is 0. The molecule has 0 atom stereocenters. The lowest BCUT2D eigenvalue weighted by Gasteiger charge is -2.21. The number of anilines is 2. The molecule has 3 aromatic rings. The first kappa shape index (κ1) is 22.5. The lowest BCUT2D eigenvalue weighted by atomic mass is 10.1. The lowest BCUT2D eigenvalue weighted by Crippen LogP contribution is -2.29. The highest BCUT2D eigenvalue weighted by molar-refractivity contribution is 7.99. The second-order valence-corrected chi connectivity index (χ2v) is 7.84. The van der Waals surface area contributed by atoms with Crippen molar-refractivity contribution in [3.05, 3.63) is 63.9 Å². The third kappa shape index (κ3) is 5.71. The number of rotatable bonds is 7. The van der Waals surface area contributed by atoms with Crippen molar-refractivity contribution >= 4 is 46.6 Å². The fourth-order valence-electron chi connectivity index (χ4n) is 2.93. The summed E-state index contributed by atoms with van der Waals surface area (Å²) in [6.45, 7) is 3.76. The smallest absolute Gasteiger partial charge is 0.278 e. The summed E-state index contributed by atoms with van der Waals surface area (Å²) >= 11 is 6.96. The number of carbonyl (C=O) groups excluding carboxylic acids is 2. The number of thioether (sulfide) groups is 1. The average molecular weight is 458 g/mol. The van der Waals surface area contributed by atoms with Gasteiger partial charge in [-0.15, -0.1) is 10.2 Å². The van der Waals surface area contributed by atoms with Crippen molar-refractivity contribution in [1.29, 1.82) is 0 Å². The molecule has 0 aliphatic heterocycles. The number of nitrogens with one attached hydrogen (secondary N) is 2. The number of carbonyl (C=O) groups is 2. The van der Waals surface area contributed by atoms with Crippen LogP contribution in [0.5, 0.6) is 0 Å². The highest BCUT2D eigenvalue weighted by Gasteiger charge is 2.18. The molecule has 2 N–H and O–H groups in total. The Kier molecular flexibility index (Phi) is 7.43. The van der Waals surface area contributed by atoms with Gasteiger partial charge < -0.3 is 10.2 Å². The average Bonchev–Trinajstić information content (AvgIpc) is 2.73. The second kappa shape index (κ2) is 10.2. The number of nitrogens with zero attached hydrogens (tertiary/aromatic N) is 3. The maximum Gasteiger partial charge on any atom is 0.278 e. The molecule has 0 bridgehead atoms. The van der Waals surface area contributed by atoms with Gasteiger partial charge in [0.2, 0.25) is 11.8 Å². The number of hydrogen-bond acceptors (Lipinski definition) is 6. The van der Waals surface area contributed by atoms with Gasteiger partial charge in [0, 0.05) is 29.7 Å². The molecule has 1 aromatic heterocycles. The van der Waals surface area contributed by atoms with Crippen LogP contribution in [0.15, 0.2) is 58.5 Å². The highest BCUT2D eigenvalue weighted by atomic mass is 35.5. The van der Waals surface area contributed by atoms with Crippen LogP contribution in [0.3, 0.4) is 0 Å². The normalized spacial score (nSPS) is 10.5. The van der Waals surface area contributed by atoms with Crippen LogP contribution in [0.2, 0.25) is 5.02 Å². The number of benzene rings is 2. The van der Waals surface area contributed by atoms with Gasteiger partial charge in [0.05, 0.1) is 11.4 Å². The molecule has 10 heteroatoms. The maximum atomic E-state index is 12.7. The van der Waals surface area contributed by atoms with Crippen molar-refractivity contribution in [3.8, 4) is 11.3 Å². The molecule has 0 aliphatic carbocycles. The molecular formula is C21H20ClN5O3S. The van der Waals surface area contributed by atoms with E-state index in [0.717, 1.165) is 11.8 Å². The zero-order valence-corrected chi connectivity index (χ0v) is 18.5. The summed E-state index contributed by atoms with van der Waals surface area (Å²) in [7, 11) is 0. The van der Waals surface area contributed by atoms with Crippen molar-refractivity contribution in [2.75, 3.05) is 22.5 Å². The van der Waals surface area contributed by atoms with E-state index in [4.69, 9.17) is 11.6 Å². The van der Waals surface area contributed by atoms with Gasteiger partial charge in [-0.3, -0.25) is 19.4 Å². The summed E-state index contributed by atoms with van der Waals surface area (Å²) in [4.78, 5) is 40.9. The number of para-hydroxylation sites is 1.